The Balaban J connectivity index is 2.15. The number of nitrogens with zero attached hydrogens (tertiary/aromatic N) is 1. The van der Waals surface area contributed by atoms with Crippen molar-refractivity contribution in [3.63, 3.8) is 0 Å². The molecule has 0 radical (unpaired) electrons. The lowest BCUT2D eigenvalue weighted by atomic mass is 10.1. The summed E-state index contributed by atoms with van der Waals surface area (Å²) in [6.45, 7) is 2.26. The van der Waals surface area contributed by atoms with Gasteiger partial charge >= 0.3 is 0 Å². The standard InChI is InChI=1S/C11H13NO6S/c1-2-11(7-17-11)8-18-19(15,16)10-5-3-4-9(6-10)12(13)14/h3-6H,2,7-8H2,1H3. The van der Waals surface area contributed by atoms with Gasteiger partial charge in [0.1, 0.15) is 10.5 Å². The highest BCUT2D eigenvalue weighted by molar-refractivity contribution is 7.86. The van der Waals surface area contributed by atoms with Crippen LogP contribution < -0.4 is 0 Å². The zero-order valence-electron chi connectivity index (χ0n) is 10.2. The van der Waals surface area contributed by atoms with Gasteiger partial charge in [0.15, 0.2) is 0 Å². The van der Waals surface area contributed by atoms with Crippen LogP contribution in [0.5, 0.6) is 0 Å². The molecule has 104 valence electrons. The van der Waals surface area contributed by atoms with Crippen LogP contribution in [0.4, 0.5) is 5.69 Å². The van der Waals surface area contributed by atoms with Gasteiger partial charge in [0, 0.05) is 12.1 Å². The van der Waals surface area contributed by atoms with Crippen LogP contribution in [0.2, 0.25) is 0 Å². The maximum absolute atomic E-state index is 11.9. The van der Waals surface area contributed by atoms with Crippen molar-refractivity contribution in [3.8, 4) is 0 Å². The Morgan fingerprint density at radius 2 is 2.21 bits per heavy atom. The summed E-state index contributed by atoms with van der Waals surface area (Å²) in [5.41, 5.74) is -0.814. The number of benzene rings is 1. The molecule has 7 nitrogen and oxygen atoms in total. The van der Waals surface area contributed by atoms with Crippen molar-refractivity contribution in [3.05, 3.63) is 34.4 Å². The van der Waals surface area contributed by atoms with Gasteiger partial charge in [-0.15, -0.1) is 0 Å². The second-order valence-corrected chi connectivity index (χ2v) is 5.91. The Morgan fingerprint density at radius 1 is 1.53 bits per heavy atom. The third-order valence-corrected chi connectivity index (χ3v) is 4.25. The molecule has 1 atom stereocenters. The van der Waals surface area contributed by atoms with E-state index in [4.69, 9.17) is 8.92 Å². The van der Waals surface area contributed by atoms with Crippen LogP contribution in [0.15, 0.2) is 29.2 Å². The summed E-state index contributed by atoms with van der Waals surface area (Å²) in [7, 11) is -4.00. The van der Waals surface area contributed by atoms with Crippen LogP contribution in [-0.2, 0) is 19.0 Å². The van der Waals surface area contributed by atoms with Crippen molar-refractivity contribution in [2.45, 2.75) is 23.8 Å². The molecule has 1 aliphatic heterocycles. The normalized spacial score (nSPS) is 22.2. The van der Waals surface area contributed by atoms with E-state index in [0.717, 1.165) is 6.07 Å². The van der Waals surface area contributed by atoms with E-state index in [0.29, 0.717) is 13.0 Å². The average molecular weight is 287 g/mol. The highest BCUT2D eigenvalue weighted by Gasteiger charge is 2.44. The Bertz CT molecular complexity index is 593. The number of ether oxygens (including phenoxy) is 1. The Hall–Kier alpha value is -1.51. The minimum Gasteiger partial charge on any atom is -0.367 e. The molecule has 0 bridgehead atoms. The number of nitro benzene ring substituents is 1. The highest BCUT2D eigenvalue weighted by atomic mass is 32.2. The molecule has 1 fully saturated rings. The molecule has 0 aromatic heterocycles. The van der Waals surface area contributed by atoms with Gasteiger partial charge in [0.2, 0.25) is 0 Å². The van der Waals surface area contributed by atoms with E-state index in [2.05, 4.69) is 0 Å². The fourth-order valence-corrected chi connectivity index (χ4v) is 2.51. The van der Waals surface area contributed by atoms with E-state index < -0.39 is 20.6 Å². The Kier molecular flexibility index (Phi) is 3.57. The fourth-order valence-electron chi connectivity index (χ4n) is 1.50. The molecule has 0 amide bonds. The molecule has 0 saturated carbocycles. The van der Waals surface area contributed by atoms with E-state index >= 15 is 0 Å². The molecule has 0 spiro atoms. The monoisotopic (exact) mass is 287 g/mol. The lowest BCUT2D eigenvalue weighted by Gasteiger charge is -2.09. The topological polar surface area (TPSA) is 99.0 Å². The SMILES string of the molecule is CCC1(COS(=O)(=O)c2cccc([N+](=O)[O-])c2)CO1. The first-order valence-electron chi connectivity index (χ1n) is 5.66. The number of hydrogen-bond acceptors (Lipinski definition) is 6. The molecule has 0 aliphatic carbocycles. The highest BCUT2D eigenvalue weighted by Crippen LogP contribution is 2.32. The van der Waals surface area contributed by atoms with Gasteiger partial charge in [-0.25, -0.2) is 0 Å². The average Bonchev–Trinajstić information content (AvgIpc) is 3.17. The summed E-state index contributed by atoms with van der Waals surface area (Å²) in [4.78, 5) is 9.72. The molecular formula is C11H13NO6S. The van der Waals surface area contributed by atoms with Gasteiger partial charge in [-0.05, 0) is 12.5 Å². The Morgan fingerprint density at radius 3 is 2.74 bits per heavy atom. The lowest BCUT2D eigenvalue weighted by Crippen LogP contribution is -2.21. The van der Waals surface area contributed by atoms with Crippen LogP contribution in [0.1, 0.15) is 13.3 Å². The maximum Gasteiger partial charge on any atom is 0.297 e. The number of nitro groups is 1. The predicted molar refractivity (Wildman–Crippen MR) is 65.2 cm³/mol. The molecule has 1 unspecified atom stereocenters. The Labute approximate surface area is 110 Å². The van der Waals surface area contributed by atoms with Crippen molar-refractivity contribution in [2.75, 3.05) is 13.2 Å². The van der Waals surface area contributed by atoms with Crippen molar-refractivity contribution < 1.29 is 22.3 Å². The smallest absolute Gasteiger partial charge is 0.297 e. The molecule has 1 aromatic rings. The third-order valence-electron chi connectivity index (χ3n) is 2.99. The molecule has 0 N–H and O–H groups in total. The summed E-state index contributed by atoms with van der Waals surface area (Å²) in [6, 6.07) is 4.75. The van der Waals surface area contributed by atoms with Crippen LogP contribution in [0.3, 0.4) is 0 Å². The summed E-state index contributed by atoms with van der Waals surface area (Å²) in [5, 5.41) is 10.6. The van der Waals surface area contributed by atoms with Gasteiger partial charge in [-0.3, -0.25) is 14.3 Å². The second-order valence-electron chi connectivity index (χ2n) is 4.30. The van der Waals surface area contributed by atoms with E-state index in [1.807, 2.05) is 6.92 Å². The van der Waals surface area contributed by atoms with Crippen LogP contribution >= 0.6 is 0 Å². The van der Waals surface area contributed by atoms with Gasteiger partial charge in [-0.2, -0.15) is 8.42 Å². The van der Waals surface area contributed by atoms with E-state index in [9.17, 15) is 18.5 Å². The summed E-state index contributed by atoms with van der Waals surface area (Å²) < 4.78 is 33.8. The zero-order valence-corrected chi connectivity index (χ0v) is 11.1. The molecule has 1 aliphatic rings. The van der Waals surface area contributed by atoms with Crippen molar-refractivity contribution in [2.24, 2.45) is 0 Å². The van der Waals surface area contributed by atoms with E-state index in [1.165, 1.54) is 18.2 Å². The minimum atomic E-state index is -4.00. The second kappa shape index (κ2) is 4.87. The maximum atomic E-state index is 11.9. The van der Waals surface area contributed by atoms with Crippen molar-refractivity contribution >= 4 is 15.8 Å². The van der Waals surface area contributed by atoms with Crippen LogP contribution in [0.25, 0.3) is 0 Å². The summed E-state index contributed by atoms with van der Waals surface area (Å²) in [5.74, 6) is 0. The van der Waals surface area contributed by atoms with E-state index in [-0.39, 0.29) is 17.2 Å². The van der Waals surface area contributed by atoms with Crippen molar-refractivity contribution in [1.82, 2.24) is 0 Å². The predicted octanol–water partition coefficient (Wildman–Crippen LogP) is 1.48. The van der Waals surface area contributed by atoms with Crippen molar-refractivity contribution in [1.29, 1.82) is 0 Å². The molecule has 2 rings (SSSR count). The lowest BCUT2D eigenvalue weighted by molar-refractivity contribution is -0.385. The number of hydrogen-bond donors (Lipinski definition) is 0. The number of rotatable bonds is 6. The quantitative estimate of drug-likeness (QED) is 0.340. The van der Waals surface area contributed by atoms with Gasteiger partial charge < -0.3 is 4.74 Å². The molecule has 1 heterocycles. The molecular weight excluding hydrogens is 274 g/mol. The molecule has 1 aromatic carbocycles. The van der Waals surface area contributed by atoms with E-state index in [1.54, 1.807) is 0 Å². The summed E-state index contributed by atoms with van der Waals surface area (Å²) >= 11 is 0. The third kappa shape index (κ3) is 3.09. The van der Waals surface area contributed by atoms with Crippen LogP contribution in [-0.4, -0.2) is 32.2 Å². The molecule has 8 heteroatoms. The first-order chi connectivity index (χ1) is 8.88. The molecule has 19 heavy (non-hydrogen) atoms. The first kappa shape index (κ1) is 13.9. The van der Waals surface area contributed by atoms with Crippen LogP contribution in [0, 0.1) is 10.1 Å². The number of non-ortho nitro benzene ring substituents is 1. The largest absolute Gasteiger partial charge is 0.367 e. The number of epoxide rings is 1. The summed E-state index contributed by atoms with van der Waals surface area (Å²) in [6.07, 6.45) is 0.650. The first-order valence-corrected chi connectivity index (χ1v) is 7.07. The van der Waals surface area contributed by atoms with Gasteiger partial charge in [-0.1, -0.05) is 13.0 Å². The minimum absolute atomic E-state index is 0.0749. The van der Waals surface area contributed by atoms with Gasteiger partial charge in [0.05, 0.1) is 18.1 Å². The van der Waals surface area contributed by atoms with Gasteiger partial charge in [0.25, 0.3) is 15.8 Å². The molecule has 1 saturated heterocycles. The zero-order chi connectivity index (χ0) is 14.1. The fraction of sp³-hybridized carbons (Fsp3) is 0.455.